The Morgan fingerprint density at radius 3 is 2.54 bits per heavy atom. The van der Waals surface area contributed by atoms with E-state index >= 15 is 0 Å². The molecule has 7 heteroatoms. The van der Waals surface area contributed by atoms with Crippen molar-refractivity contribution in [1.29, 1.82) is 0 Å². The maximum absolute atomic E-state index is 12.4. The lowest BCUT2D eigenvalue weighted by molar-refractivity contribution is -0.384. The number of carbonyl (C=O) groups excluding carboxylic acids is 1. The molecular formula is C17H18N2O5. The molecule has 0 spiro atoms. The van der Waals surface area contributed by atoms with Crippen molar-refractivity contribution in [2.75, 3.05) is 26.1 Å². The number of carbonyl (C=O) groups is 1. The summed E-state index contributed by atoms with van der Waals surface area (Å²) in [5.41, 5.74) is 1.24. The Hall–Kier alpha value is -3.09. The molecule has 0 saturated heterocycles. The highest BCUT2D eigenvalue weighted by Crippen LogP contribution is 2.26. The van der Waals surface area contributed by atoms with Crippen molar-refractivity contribution in [3.05, 3.63) is 63.7 Å². The summed E-state index contributed by atoms with van der Waals surface area (Å²) in [5, 5.41) is 10.9. The fourth-order valence-electron chi connectivity index (χ4n) is 2.23. The molecule has 0 unspecified atom stereocenters. The van der Waals surface area contributed by atoms with E-state index in [1.807, 2.05) is 12.1 Å². The summed E-state index contributed by atoms with van der Waals surface area (Å²) in [4.78, 5) is 24.5. The number of nitrogens with zero attached hydrogens (tertiary/aromatic N) is 2. The second kappa shape index (κ2) is 7.45. The third-order valence-corrected chi connectivity index (χ3v) is 3.44. The molecule has 0 aromatic heterocycles. The fraction of sp³-hybridized carbons (Fsp3) is 0.235. The van der Waals surface area contributed by atoms with Crippen LogP contribution in [0.25, 0.3) is 0 Å². The van der Waals surface area contributed by atoms with Crippen LogP contribution in [0.2, 0.25) is 0 Å². The van der Waals surface area contributed by atoms with Gasteiger partial charge in [0.2, 0.25) is 0 Å². The lowest BCUT2D eigenvalue weighted by Gasteiger charge is -2.16. The monoisotopic (exact) mass is 330 g/mol. The second-order valence-electron chi connectivity index (χ2n) is 5.24. The first-order valence-electron chi connectivity index (χ1n) is 7.19. The molecule has 0 amide bonds. The smallest absolute Gasteiger partial charge is 0.340 e. The molecule has 0 radical (unpaired) electrons. The summed E-state index contributed by atoms with van der Waals surface area (Å²) >= 11 is 0. The minimum atomic E-state index is -0.631. The van der Waals surface area contributed by atoms with Crippen LogP contribution < -0.4 is 9.64 Å². The average molecular weight is 330 g/mol. The van der Waals surface area contributed by atoms with Crippen molar-refractivity contribution < 1.29 is 19.2 Å². The van der Waals surface area contributed by atoms with Gasteiger partial charge in [-0.2, -0.15) is 0 Å². The van der Waals surface area contributed by atoms with E-state index in [-0.39, 0.29) is 17.9 Å². The number of hydrogen-bond donors (Lipinski definition) is 0. The molecule has 0 bridgehead atoms. The van der Waals surface area contributed by atoms with Crippen LogP contribution in [0.1, 0.15) is 15.9 Å². The van der Waals surface area contributed by atoms with Crippen LogP contribution in [0.5, 0.6) is 5.75 Å². The van der Waals surface area contributed by atoms with Crippen molar-refractivity contribution in [2.24, 2.45) is 0 Å². The molecular weight excluding hydrogens is 312 g/mol. The van der Waals surface area contributed by atoms with Gasteiger partial charge in [0, 0.05) is 31.8 Å². The van der Waals surface area contributed by atoms with Gasteiger partial charge in [-0.25, -0.2) is 4.79 Å². The van der Waals surface area contributed by atoms with Crippen LogP contribution in [-0.4, -0.2) is 32.1 Å². The zero-order chi connectivity index (χ0) is 17.7. The van der Waals surface area contributed by atoms with Gasteiger partial charge in [-0.3, -0.25) is 10.1 Å². The van der Waals surface area contributed by atoms with E-state index in [0.29, 0.717) is 17.0 Å². The van der Waals surface area contributed by atoms with Gasteiger partial charge in [-0.1, -0.05) is 18.2 Å². The molecule has 2 rings (SSSR count). The highest BCUT2D eigenvalue weighted by Gasteiger charge is 2.19. The Bertz CT molecular complexity index is 758. The lowest BCUT2D eigenvalue weighted by Crippen LogP contribution is -2.16. The molecule has 24 heavy (non-hydrogen) atoms. The Kier molecular flexibility index (Phi) is 5.36. The van der Waals surface area contributed by atoms with Gasteiger partial charge >= 0.3 is 5.97 Å². The van der Waals surface area contributed by atoms with Gasteiger partial charge in [0.05, 0.1) is 23.3 Å². The number of benzene rings is 2. The van der Waals surface area contributed by atoms with E-state index < -0.39 is 10.9 Å². The molecule has 0 aliphatic carbocycles. The molecule has 0 aliphatic heterocycles. The van der Waals surface area contributed by atoms with Gasteiger partial charge in [0.25, 0.3) is 5.69 Å². The predicted octanol–water partition coefficient (Wildman–Crippen LogP) is 3.03. The number of non-ortho nitro benzene ring substituents is 1. The maximum Gasteiger partial charge on any atom is 0.340 e. The van der Waals surface area contributed by atoms with Crippen molar-refractivity contribution in [3.8, 4) is 5.75 Å². The number of para-hydroxylation sites is 1. The van der Waals surface area contributed by atoms with Gasteiger partial charge in [0.15, 0.2) is 0 Å². The number of methoxy groups -OCH3 is 1. The molecule has 2 aromatic carbocycles. The van der Waals surface area contributed by atoms with E-state index in [1.165, 1.54) is 25.3 Å². The first-order chi connectivity index (χ1) is 11.4. The van der Waals surface area contributed by atoms with Crippen LogP contribution in [-0.2, 0) is 11.3 Å². The minimum Gasteiger partial charge on any atom is -0.496 e. The number of nitro groups is 1. The molecule has 0 fully saturated rings. The van der Waals surface area contributed by atoms with Crippen LogP contribution in [0, 0.1) is 10.1 Å². The van der Waals surface area contributed by atoms with E-state index in [1.54, 1.807) is 31.1 Å². The topological polar surface area (TPSA) is 81.9 Å². The number of anilines is 1. The summed E-state index contributed by atoms with van der Waals surface area (Å²) in [6, 6.07) is 11.3. The van der Waals surface area contributed by atoms with Crippen molar-refractivity contribution >= 4 is 17.3 Å². The summed E-state index contributed by atoms with van der Waals surface area (Å²) in [6.07, 6.45) is 0. The fourth-order valence-corrected chi connectivity index (χ4v) is 2.23. The third-order valence-electron chi connectivity index (χ3n) is 3.44. The molecule has 0 aliphatic rings. The third kappa shape index (κ3) is 3.81. The van der Waals surface area contributed by atoms with Crippen molar-refractivity contribution in [1.82, 2.24) is 0 Å². The van der Waals surface area contributed by atoms with Gasteiger partial charge < -0.3 is 14.4 Å². The summed E-state index contributed by atoms with van der Waals surface area (Å²) in [5.74, 6) is -0.0227. The first kappa shape index (κ1) is 17.3. The zero-order valence-electron chi connectivity index (χ0n) is 13.7. The van der Waals surface area contributed by atoms with E-state index in [9.17, 15) is 14.9 Å². The van der Waals surface area contributed by atoms with Crippen LogP contribution >= 0.6 is 0 Å². The van der Waals surface area contributed by atoms with Crippen LogP contribution in [0.4, 0.5) is 11.4 Å². The highest BCUT2D eigenvalue weighted by atomic mass is 16.6. The Balaban J connectivity index is 2.25. The van der Waals surface area contributed by atoms with E-state index in [4.69, 9.17) is 9.47 Å². The van der Waals surface area contributed by atoms with Gasteiger partial charge in [-0.15, -0.1) is 0 Å². The van der Waals surface area contributed by atoms with E-state index in [2.05, 4.69) is 0 Å². The van der Waals surface area contributed by atoms with Gasteiger partial charge in [0.1, 0.15) is 12.4 Å². The minimum absolute atomic E-state index is 0.0123. The number of esters is 1. The average Bonchev–Trinajstić information content (AvgIpc) is 2.59. The molecule has 2 aromatic rings. The van der Waals surface area contributed by atoms with E-state index in [0.717, 1.165) is 0 Å². The normalized spacial score (nSPS) is 10.1. The number of rotatable bonds is 6. The summed E-state index contributed by atoms with van der Waals surface area (Å²) in [6.45, 7) is 0.0123. The molecule has 0 heterocycles. The quantitative estimate of drug-likeness (QED) is 0.460. The first-order valence-corrected chi connectivity index (χ1v) is 7.19. The lowest BCUT2D eigenvalue weighted by atomic mass is 10.1. The number of nitro benzene ring substituents is 1. The van der Waals surface area contributed by atoms with Crippen molar-refractivity contribution in [2.45, 2.75) is 6.61 Å². The number of ether oxygens (including phenoxy) is 2. The zero-order valence-corrected chi connectivity index (χ0v) is 13.7. The van der Waals surface area contributed by atoms with Crippen LogP contribution in [0.15, 0.2) is 42.5 Å². The summed E-state index contributed by atoms with van der Waals surface area (Å²) in [7, 11) is 5.03. The molecule has 0 atom stereocenters. The molecule has 0 N–H and O–H groups in total. The SMILES string of the molecule is COc1ccccc1COC(=O)c1cc([N+](=O)[O-])ccc1N(C)C. The highest BCUT2D eigenvalue weighted by molar-refractivity contribution is 5.96. The van der Waals surface area contributed by atoms with Gasteiger partial charge in [-0.05, 0) is 12.1 Å². The van der Waals surface area contributed by atoms with Crippen molar-refractivity contribution in [3.63, 3.8) is 0 Å². The Morgan fingerprint density at radius 2 is 1.92 bits per heavy atom. The largest absolute Gasteiger partial charge is 0.496 e. The Morgan fingerprint density at radius 1 is 1.21 bits per heavy atom. The predicted molar refractivity (Wildman–Crippen MR) is 89.5 cm³/mol. The van der Waals surface area contributed by atoms with Crippen LogP contribution in [0.3, 0.4) is 0 Å². The number of hydrogen-bond acceptors (Lipinski definition) is 6. The molecule has 0 saturated carbocycles. The Labute approximate surface area is 139 Å². The molecule has 126 valence electrons. The maximum atomic E-state index is 12.4. The molecule has 7 nitrogen and oxygen atoms in total. The summed E-state index contributed by atoms with van der Waals surface area (Å²) < 4.78 is 10.5. The standard InChI is InChI=1S/C17H18N2O5/c1-18(2)15-9-8-13(19(21)22)10-14(15)17(20)24-11-12-6-4-5-7-16(12)23-3/h4-10H,11H2,1-3H3. The second-order valence-corrected chi connectivity index (χ2v) is 5.24.